The Hall–Kier alpha value is -1.72. The SMILES string of the molecule is CC(NC(C)c1ccccc1[N+](=O)[O-])c1ccc(Br)cc1. The monoisotopic (exact) mass is 348 g/mol. The molecule has 0 saturated heterocycles. The van der Waals surface area contributed by atoms with Crippen LogP contribution in [0.2, 0.25) is 0 Å². The third-order valence-electron chi connectivity index (χ3n) is 3.47. The van der Waals surface area contributed by atoms with Crippen molar-refractivity contribution in [3.05, 3.63) is 74.2 Å². The molecule has 5 heteroatoms. The first-order valence-electron chi connectivity index (χ1n) is 6.74. The van der Waals surface area contributed by atoms with E-state index in [0.717, 1.165) is 10.0 Å². The maximum absolute atomic E-state index is 11.1. The second-order valence-corrected chi connectivity index (χ2v) is 5.89. The van der Waals surface area contributed by atoms with Crippen molar-refractivity contribution >= 4 is 21.6 Å². The summed E-state index contributed by atoms with van der Waals surface area (Å²) in [6.07, 6.45) is 0. The first-order chi connectivity index (χ1) is 9.99. The minimum Gasteiger partial charge on any atom is -0.303 e. The van der Waals surface area contributed by atoms with Crippen molar-refractivity contribution in [3.63, 3.8) is 0 Å². The molecule has 2 atom stereocenters. The molecule has 0 bridgehead atoms. The predicted molar refractivity (Wildman–Crippen MR) is 87.2 cm³/mol. The molecular formula is C16H17BrN2O2. The van der Waals surface area contributed by atoms with Gasteiger partial charge in [0.1, 0.15) is 0 Å². The molecule has 0 spiro atoms. The van der Waals surface area contributed by atoms with E-state index >= 15 is 0 Å². The molecular weight excluding hydrogens is 332 g/mol. The molecule has 0 aliphatic rings. The van der Waals surface area contributed by atoms with Gasteiger partial charge in [-0.3, -0.25) is 10.1 Å². The highest BCUT2D eigenvalue weighted by Gasteiger charge is 2.19. The van der Waals surface area contributed by atoms with Crippen LogP contribution in [0, 0.1) is 10.1 Å². The summed E-state index contributed by atoms with van der Waals surface area (Å²) in [6, 6.07) is 14.9. The molecule has 0 saturated carbocycles. The van der Waals surface area contributed by atoms with Crippen LogP contribution in [0.25, 0.3) is 0 Å². The lowest BCUT2D eigenvalue weighted by Gasteiger charge is -2.20. The molecule has 2 aromatic rings. The number of benzene rings is 2. The third kappa shape index (κ3) is 3.89. The second-order valence-electron chi connectivity index (χ2n) is 4.98. The summed E-state index contributed by atoms with van der Waals surface area (Å²) >= 11 is 3.41. The van der Waals surface area contributed by atoms with Gasteiger partial charge in [-0.1, -0.05) is 46.3 Å². The standard InChI is InChI=1S/C16H17BrN2O2/c1-11(13-7-9-14(17)10-8-13)18-12(2)15-5-3-4-6-16(15)19(20)21/h3-12,18H,1-2H3. The van der Waals surface area contributed by atoms with E-state index in [1.54, 1.807) is 12.1 Å². The molecule has 4 nitrogen and oxygen atoms in total. The number of nitro benzene ring substituents is 1. The van der Waals surface area contributed by atoms with E-state index in [-0.39, 0.29) is 22.7 Å². The summed E-state index contributed by atoms with van der Waals surface area (Å²) < 4.78 is 1.03. The number of para-hydroxylation sites is 1. The Morgan fingerprint density at radius 1 is 1.05 bits per heavy atom. The number of hydrogen-bond acceptors (Lipinski definition) is 3. The van der Waals surface area contributed by atoms with Crippen molar-refractivity contribution < 1.29 is 4.92 Å². The molecule has 2 rings (SSSR count). The minimum absolute atomic E-state index is 0.105. The highest BCUT2D eigenvalue weighted by molar-refractivity contribution is 9.10. The van der Waals surface area contributed by atoms with E-state index in [4.69, 9.17) is 0 Å². The first kappa shape index (κ1) is 15.7. The van der Waals surface area contributed by atoms with Crippen molar-refractivity contribution in [1.82, 2.24) is 5.32 Å². The van der Waals surface area contributed by atoms with Crippen molar-refractivity contribution in [3.8, 4) is 0 Å². The fourth-order valence-corrected chi connectivity index (χ4v) is 2.60. The normalized spacial score (nSPS) is 13.7. The van der Waals surface area contributed by atoms with Crippen LogP contribution in [0.5, 0.6) is 0 Å². The number of halogens is 1. The summed E-state index contributed by atoms with van der Waals surface area (Å²) in [5.74, 6) is 0. The largest absolute Gasteiger partial charge is 0.303 e. The maximum Gasteiger partial charge on any atom is 0.274 e. The van der Waals surface area contributed by atoms with Crippen LogP contribution in [0.15, 0.2) is 53.0 Å². The third-order valence-corrected chi connectivity index (χ3v) is 4.00. The summed E-state index contributed by atoms with van der Waals surface area (Å²) in [6.45, 7) is 3.99. The van der Waals surface area contributed by atoms with Gasteiger partial charge < -0.3 is 5.32 Å². The van der Waals surface area contributed by atoms with Crippen LogP contribution in [0.1, 0.15) is 37.1 Å². The summed E-state index contributed by atoms with van der Waals surface area (Å²) in [5.41, 5.74) is 2.00. The van der Waals surface area contributed by atoms with Gasteiger partial charge in [-0.15, -0.1) is 0 Å². The fraction of sp³-hybridized carbons (Fsp3) is 0.250. The minimum atomic E-state index is -0.336. The Balaban J connectivity index is 2.16. The lowest BCUT2D eigenvalue weighted by atomic mass is 10.0. The van der Waals surface area contributed by atoms with Crippen LogP contribution in [0.4, 0.5) is 5.69 Å². The summed E-state index contributed by atoms with van der Waals surface area (Å²) in [4.78, 5) is 10.8. The zero-order valence-electron chi connectivity index (χ0n) is 11.9. The zero-order chi connectivity index (χ0) is 15.4. The van der Waals surface area contributed by atoms with E-state index < -0.39 is 0 Å². The van der Waals surface area contributed by atoms with Gasteiger partial charge in [0.15, 0.2) is 0 Å². The average molecular weight is 349 g/mol. The van der Waals surface area contributed by atoms with Gasteiger partial charge >= 0.3 is 0 Å². The van der Waals surface area contributed by atoms with Crippen molar-refractivity contribution in [2.75, 3.05) is 0 Å². The molecule has 0 heterocycles. The number of nitrogens with zero attached hydrogens (tertiary/aromatic N) is 1. The van der Waals surface area contributed by atoms with Gasteiger partial charge in [-0.2, -0.15) is 0 Å². The molecule has 0 fully saturated rings. The quantitative estimate of drug-likeness (QED) is 0.625. The van der Waals surface area contributed by atoms with Crippen molar-refractivity contribution in [1.29, 1.82) is 0 Å². The van der Waals surface area contributed by atoms with E-state index in [1.807, 2.05) is 37.3 Å². The lowest BCUT2D eigenvalue weighted by Crippen LogP contribution is -2.23. The maximum atomic E-state index is 11.1. The van der Waals surface area contributed by atoms with E-state index in [9.17, 15) is 10.1 Å². The summed E-state index contributed by atoms with van der Waals surface area (Å²) in [7, 11) is 0. The highest BCUT2D eigenvalue weighted by atomic mass is 79.9. The predicted octanol–water partition coefficient (Wildman–Crippen LogP) is 4.77. The van der Waals surface area contributed by atoms with E-state index in [0.29, 0.717) is 5.56 Å². The molecule has 2 unspecified atom stereocenters. The van der Waals surface area contributed by atoms with Gasteiger partial charge in [0, 0.05) is 28.2 Å². The smallest absolute Gasteiger partial charge is 0.274 e. The fourth-order valence-electron chi connectivity index (χ4n) is 2.33. The molecule has 2 aromatic carbocycles. The van der Waals surface area contributed by atoms with Crippen LogP contribution >= 0.6 is 15.9 Å². The number of nitro groups is 1. The lowest BCUT2D eigenvalue weighted by molar-refractivity contribution is -0.385. The molecule has 21 heavy (non-hydrogen) atoms. The Morgan fingerprint density at radius 2 is 1.67 bits per heavy atom. The summed E-state index contributed by atoms with van der Waals surface area (Å²) in [5, 5.41) is 14.5. The highest BCUT2D eigenvalue weighted by Crippen LogP contribution is 2.27. The molecule has 0 aromatic heterocycles. The van der Waals surface area contributed by atoms with Crippen molar-refractivity contribution in [2.24, 2.45) is 0 Å². The Kier molecular flexibility index (Phi) is 5.09. The van der Waals surface area contributed by atoms with Gasteiger partial charge in [-0.25, -0.2) is 0 Å². The van der Waals surface area contributed by atoms with Crippen molar-refractivity contribution in [2.45, 2.75) is 25.9 Å². The van der Waals surface area contributed by atoms with E-state index in [1.165, 1.54) is 6.07 Å². The van der Waals surface area contributed by atoms with Crippen LogP contribution in [-0.2, 0) is 0 Å². The molecule has 0 amide bonds. The van der Waals surface area contributed by atoms with E-state index in [2.05, 4.69) is 28.2 Å². The average Bonchev–Trinajstić information content (AvgIpc) is 2.47. The molecule has 1 N–H and O–H groups in total. The van der Waals surface area contributed by atoms with Gasteiger partial charge in [0.25, 0.3) is 5.69 Å². The van der Waals surface area contributed by atoms with Crippen LogP contribution in [0.3, 0.4) is 0 Å². The van der Waals surface area contributed by atoms with Crippen LogP contribution in [-0.4, -0.2) is 4.92 Å². The second kappa shape index (κ2) is 6.83. The van der Waals surface area contributed by atoms with Crippen LogP contribution < -0.4 is 5.32 Å². The Bertz CT molecular complexity index is 628. The molecule has 0 aliphatic heterocycles. The number of nitrogens with one attached hydrogen (secondary N) is 1. The first-order valence-corrected chi connectivity index (χ1v) is 7.53. The Labute approximate surface area is 132 Å². The van der Waals surface area contributed by atoms with Gasteiger partial charge in [-0.05, 0) is 31.5 Å². The molecule has 0 radical (unpaired) electrons. The van der Waals surface area contributed by atoms with Gasteiger partial charge in [0.2, 0.25) is 0 Å². The number of hydrogen-bond donors (Lipinski definition) is 1. The Morgan fingerprint density at radius 3 is 2.29 bits per heavy atom. The van der Waals surface area contributed by atoms with Gasteiger partial charge in [0.05, 0.1) is 4.92 Å². The number of rotatable bonds is 5. The zero-order valence-corrected chi connectivity index (χ0v) is 13.5. The molecule has 0 aliphatic carbocycles. The molecule has 110 valence electrons. The topological polar surface area (TPSA) is 55.2 Å².